The molecular formula is C19H23ClO. The third-order valence-corrected chi connectivity index (χ3v) is 4.16. The summed E-state index contributed by atoms with van der Waals surface area (Å²) in [5, 5.41) is 0. The van der Waals surface area contributed by atoms with Crippen molar-refractivity contribution in [3.63, 3.8) is 0 Å². The molecule has 112 valence electrons. The minimum absolute atomic E-state index is 0.421. The van der Waals surface area contributed by atoms with E-state index in [2.05, 4.69) is 44.2 Å². The van der Waals surface area contributed by atoms with E-state index in [1.165, 1.54) is 22.3 Å². The van der Waals surface area contributed by atoms with Crippen molar-refractivity contribution in [2.45, 2.75) is 26.7 Å². The largest absolute Gasteiger partial charge is 0.496 e. The summed E-state index contributed by atoms with van der Waals surface area (Å²) in [6, 6.07) is 14.9. The average Bonchev–Trinajstić information content (AvgIpc) is 2.46. The molecule has 0 bridgehead atoms. The number of hydrogen-bond donors (Lipinski definition) is 0. The summed E-state index contributed by atoms with van der Waals surface area (Å²) in [6.07, 6.45) is 1.95. The summed E-state index contributed by atoms with van der Waals surface area (Å²) in [7, 11) is 1.72. The summed E-state index contributed by atoms with van der Waals surface area (Å²) in [6.45, 7) is 4.29. The fourth-order valence-corrected chi connectivity index (χ4v) is 3.10. The molecule has 2 heteroatoms. The zero-order chi connectivity index (χ0) is 15.2. The zero-order valence-electron chi connectivity index (χ0n) is 13.0. The van der Waals surface area contributed by atoms with Gasteiger partial charge in [0.05, 0.1) is 7.11 Å². The molecule has 0 aliphatic heterocycles. The minimum Gasteiger partial charge on any atom is -0.496 e. The standard InChI is InChI=1S/C19H23ClO/c1-14-8-15(2)10-16(9-14)11-17(13-20)12-18-6-4-5-7-19(18)21-3/h4-10,17H,11-13H2,1-3H3. The van der Waals surface area contributed by atoms with E-state index < -0.39 is 0 Å². The molecule has 0 saturated heterocycles. The van der Waals surface area contributed by atoms with Crippen LogP contribution >= 0.6 is 11.6 Å². The lowest BCUT2D eigenvalue weighted by Crippen LogP contribution is -2.11. The van der Waals surface area contributed by atoms with Crippen molar-refractivity contribution in [3.05, 3.63) is 64.7 Å². The number of halogens is 1. The van der Waals surface area contributed by atoms with Gasteiger partial charge in [0.25, 0.3) is 0 Å². The van der Waals surface area contributed by atoms with Crippen LogP contribution in [0.2, 0.25) is 0 Å². The van der Waals surface area contributed by atoms with Crippen LogP contribution in [-0.2, 0) is 12.8 Å². The predicted octanol–water partition coefficient (Wildman–Crippen LogP) is 4.95. The highest BCUT2D eigenvalue weighted by atomic mass is 35.5. The maximum atomic E-state index is 6.20. The summed E-state index contributed by atoms with van der Waals surface area (Å²) >= 11 is 6.20. The van der Waals surface area contributed by atoms with Gasteiger partial charge < -0.3 is 4.74 Å². The first-order chi connectivity index (χ1) is 10.1. The molecule has 1 nitrogen and oxygen atoms in total. The van der Waals surface area contributed by atoms with Crippen LogP contribution < -0.4 is 4.74 Å². The Morgan fingerprint density at radius 2 is 1.67 bits per heavy atom. The fourth-order valence-electron chi connectivity index (χ4n) is 2.88. The van der Waals surface area contributed by atoms with E-state index in [0.29, 0.717) is 11.8 Å². The predicted molar refractivity (Wildman–Crippen MR) is 90.5 cm³/mol. The van der Waals surface area contributed by atoms with Crippen LogP contribution in [0.1, 0.15) is 22.3 Å². The molecule has 0 aliphatic carbocycles. The molecule has 2 aromatic carbocycles. The maximum absolute atomic E-state index is 6.20. The maximum Gasteiger partial charge on any atom is 0.122 e. The molecule has 0 spiro atoms. The highest BCUT2D eigenvalue weighted by Gasteiger charge is 2.13. The normalized spacial score (nSPS) is 12.2. The van der Waals surface area contributed by atoms with Crippen LogP contribution in [0.15, 0.2) is 42.5 Å². The van der Waals surface area contributed by atoms with E-state index >= 15 is 0 Å². The quantitative estimate of drug-likeness (QED) is 0.686. The van der Waals surface area contributed by atoms with Gasteiger partial charge in [0.15, 0.2) is 0 Å². The molecule has 21 heavy (non-hydrogen) atoms. The topological polar surface area (TPSA) is 9.23 Å². The lowest BCUT2D eigenvalue weighted by Gasteiger charge is -2.17. The molecule has 0 fully saturated rings. The zero-order valence-corrected chi connectivity index (χ0v) is 13.8. The number of alkyl halides is 1. The third-order valence-electron chi connectivity index (χ3n) is 3.73. The Balaban J connectivity index is 2.13. The van der Waals surface area contributed by atoms with Crippen LogP contribution in [0.5, 0.6) is 5.75 Å². The van der Waals surface area contributed by atoms with Gasteiger partial charge in [-0.25, -0.2) is 0 Å². The van der Waals surface area contributed by atoms with Gasteiger partial charge >= 0.3 is 0 Å². The van der Waals surface area contributed by atoms with Gasteiger partial charge in [-0.05, 0) is 49.8 Å². The number of aryl methyl sites for hydroxylation is 2. The van der Waals surface area contributed by atoms with Gasteiger partial charge in [-0.15, -0.1) is 11.6 Å². The van der Waals surface area contributed by atoms with Crippen LogP contribution in [0, 0.1) is 19.8 Å². The fraction of sp³-hybridized carbons (Fsp3) is 0.368. The van der Waals surface area contributed by atoms with Gasteiger partial charge in [0.1, 0.15) is 5.75 Å². The van der Waals surface area contributed by atoms with Gasteiger partial charge in [-0.2, -0.15) is 0 Å². The Morgan fingerprint density at radius 3 is 2.29 bits per heavy atom. The summed E-state index contributed by atoms with van der Waals surface area (Å²) in [5.74, 6) is 2.03. The van der Waals surface area contributed by atoms with Gasteiger partial charge in [-0.3, -0.25) is 0 Å². The number of para-hydroxylation sites is 1. The molecule has 1 atom stereocenters. The van der Waals surface area contributed by atoms with Crippen molar-refractivity contribution in [1.82, 2.24) is 0 Å². The van der Waals surface area contributed by atoms with Crippen LogP contribution in [0.3, 0.4) is 0 Å². The Morgan fingerprint density at radius 1 is 1.00 bits per heavy atom. The van der Waals surface area contributed by atoms with Crippen molar-refractivity contribution in [1.29, 1.82) is 0 Å². The Hall–Kier alpha value is -1.47. The third kappa shape index (κ3) is 4.50. The van der Waals surface area contributed by atoms with E-state index in [1.807, 2.05) is 12.1 Å². The molecule has 0 aliphatic rings. The second-order valence-electron chi connectivity index (χ2n) is 5.74. The van der Waals surface area contributed by atoms with Crippen LogP contribution in [-0.4, -0.2) is 13.0 Å². The van der Waals surface area contributed by atoms with Crippen LogP contribution in [0.25, 0.3) is 0 Å². The number of hydrogen-bond acceptors (Lipinski definition) is 1. The highest BCUT2D eigenvalue weighted by Crippen LogP contribution is 2.24. The molecule has 0 aromatic heterocycles. The molecule has 1 unspecified atom stereocenters. The van der Waals surface area contributed by atoms with Crippen molar-refractivity contribution < 1.29 is 4.74 Å². The Labute approximate surface area is 132 Å². The van der Waals surface area contributed by atoms with E-state index in [9.17, 15) is 0 Å². The monoisotopic (exact) mass is 302 g/mol. The summed E-state index contributed by atoms with van der Waals surface area (Å²) in [4.78, 5) is 0. The summed E-state index contributed by atoms with van der Waals surface area (Å²) < 4.78 is 5.44. The molecule has 0 heterocycles. The molecule has 0 N–H and O–H groups in total. The molecule has 2 aromatic rings. The molecular weight excluding hydrogens is 280 g/mol. The van der Waals surface area contributed by atoms with Gasteiger partial charge in [-0.1, -0.05) is 47.5 Å². The number of ether oxygens (including phenoxy) is 1. The molecule has 0 radical (unpaired) electrons. The average molecular weight is 303 g/mol. The van der Waals surface area contributed by atoms with E-state index in [1.54, 1.807) is 7.11 Å². The molecule has 0 saturated carbocycles. The Kier molecular flexibility index (Phi) is 5.69. The van der Waals surface area contributed by atoms with Gasteiger partial charge in [0, 0.05) is 5.88 Å². The smallest absolute Gasteiger partial charge is 0.122 e. The first-order valence-electron chi connectivity index (χ1n) is 7.37. The van der Waals surface area contributed by atoms with Crippen molar-refractivity contribution in [2.24, 2.45) is 5.92 Å². The van der Waals surface area contributed by atoms with Gasteiger partial charge in [0.2, 0.25) is 0 Å². The van der Waals surface area contributed by atoms with Crippen molar-refractivity contribution in [2.75, 3.05) is 13.0 Å². The SMILES string of the molecule is COc1ccccc1CC(CCl)Cc1cc(C)cc(C)c1. The minimum atomic E-state index is 0.421. The molecule has 0 amide bonds. The summed E-state index contributed by atoms with van der Waals surface area (Å²) in [5.41, 5.74) is 5.23. The van der Waals surface area contributed by atoms with E-state index in [4.69, 9.17) is 16.3 Å². The highest BCUT2D eigenvalue weighted by molar-refractivity contribution is 6.18. The van der Waals surface area contributed by atoms with E-state index in [-0.39, 0.29) is 0 Å². The number of benzene rings is 2. The van der Waals surface area contributed by atoms with Crippen LogP contribution in [0.4, 0.5) is 0 Å². The number of methoxy groups -OCH3 is 1. The van der Waals surface area contributed by atoms with E-state index in [0.717, 1.165) is 18.6 Å². The first kappa shape index (κ1) is 15.9. The van der Waals surface area contributed by atoms with Crippen molar-refractivity contribution >= 4 is 11.6 Å². The van der Waals surface area contributed by atoms with Crippen molar-refractivity contribution in [3.8, 4) is 5.75 Å². The second kappa shape index (κ2) is 7.51. The lowest BCUT2D eigenvalue weighted by atomic mass is 9.92. The molecule has 2 rings (SSSR count). The number of rotatable bonds is 6. The second-order valence-corrected chi connectivity index (χ2v) is 6.04. The lowest BCUT2D eigenvalue weighted by molar-refractivity contribution is 0.405. The Bertz CT molecular complexity index is 572. The first-order valence-corrected chi connectivity index (χ1v) is 7.91.